The van der Waals surface area contributed by atoms with Crippen molar-refractivity contribution in [2.75, 3.05) is 12.4 Å². The number of nitrogens with one attached hydrogen (secondary N) is 1. The fourth-order valence-corrected chi connectivity index (χ4v) is 5.28. The van der Waals surface area contributed by atoms with Gasteiger partial charge in [0, 0.05) is 65.9 Å². The van der Waals surface area contributed by atoms with Crippen molar-refractivity contribution in [3.8, 4) is 22.5 Å². The Bertz CT molecular complexity index is 1450. The van der Waals surface area contributed by atoms with Crippen LogP contribution in [-0.2, 0) is 4.79 Å². The molecule has 5 aromatic rings. The van der Waals surface area contributed by atoms with E-state index in [9.17, 15) is 4.79 Å². The molecule has 0 saturated heterocycles. The highest BCUT2D eigenvalue weighted by atomic mass is 32.1. The maximum Gasteiger partial charge on any atom is 0.177 e. The number of rotatable bonds is 4. The lowest BCUT2D eigenvalue weighted by Gasteiger charge is -2.21. The van der Waals surface area contributed by atoms with Crippen LogP contribution in [0.3, 0.4) is 0 Å². The van der Waals surface area contributed by atoms with Gasteiger partial charge in [0.2, 0.25) is 0 Å². The molecule has 6 rings (SSSR count). The number of carbonyl (C=O) groups excluding carboxylic acids is 1. The van der Waals surface area contributed by atoms with Crippen LogP contribution in [0.15, 0.2) is 53.5 Å². The van der Waals surface area contributed by atoms with E-state index in [1.165, 1.54) is 11.5 Å². The van der Waals surface area contributed by atoms with Gasteiger partial charge in [-0.1, -0.05) is 12.1 Å². The lowest BCUT2D eigenvalue weighted by molar-refractivity contribution is -0.120. The van der Waals surface area contributed by atoms with Gasteiger partial charge in [0.25, 0.3) is 0 Å². The van der Waals surface area contributed by atoms with Gasteiger partial charge < -0.3 is 9.73 Å². The molecule has 1 N–H and O–H groups in total. The number of furan rings is 1. The van der Waals surface area contributed by atoms with Crippen molar-refractivity contribution in [2.24, 2.45) is 0 Å². The van der Waals surface area contributed by atoms with Crippen LogP contribution < -0.4 is 5.32 Å². The van der Waals surface area contributed by atoms with Crippen molar-refractivity contribution >= 4 is 44.2 Å². The molecule has 0 radical (unpaired) electrons. The number of carbonyl (C=O) groups is 1. The zero-order chi connectivity index (χ0) is 21.7. The van der Waals surface area contributed by atoms with Crippen LogP contribution in [-0.4, -0.2) is 32.0 Å². The summed E-state index contributed by atoms with van der Waals surface area (Å²) >= 11 is 1.47. The van der Waals surface area contributed by atoms with Gasteiger partial charge in [0.05, 0.1) is 16.9 Å². The zero-order valence-electron chi connectivity index (χ0n) is 17.5. The molecule has 1 aliphatic rings. The fourth-order valence-electron chi connectivity index (χ4n) is 4.52. The summed E-state index contributed by atoms with van der Waals surface area (Å²) in [5.41, 5.74) is 3.71. The summed E-state index contributed by atoms with van der Waals surface area (Å²) < 4.78 is 13.8. The number of aromatic nitrogens is 4. The molecular formula is C24H21N5O2S. The molecule has 7 nitrogen and oxygen atoms in total. The smallest absolute Gasteiger partial charge is 0.177 e. The van der Waals surface area contributed by atoms with Gasteiger partial charge in [-0.3, -0.25) is 9.48 Å². The van der Waals surface area contributed by atoms with Crippen molar-refractivity contribution in [3.63, 3.8) is 0 Å². The number of hydrogen-bond acceptors (Lipinski definition) is 7. The van der Waals surface area contributed by atoms with E-state index in [2.05, 4.69) is 44.2 Å². The number of anilines is 1. The molecule has 1 saturated carbocycles. The first-order valence-electron chi connectivity index (χ1n) is 10.7. The van der Waals surface area contributed by atoms with Crippen molar-refractivity contribution < 1.29 is 9.21 Å². The third-order valence-corrected chi connectivity index (χ3v) is 7.09. The van der Waals surface area contributed by atoms with Crippen molar-refractivity contribution in [2.45, 2.75) is 31.7 Å². The lowest BCUT2D eigenvalue weighted by atomic mass is 9.94. The Hall–Kier alpha value is -3.52. The maximum absolute atomic E-state index is 11.6. The summed E-state index contributed by atoms with van der Waals surface area (Å²) in [6.07, 6.45) is 10.7. The monoisotopic (exact) mass is 443 g/mol. The Balaban J connectivity index is 1.46. The van der Waals surface area contributed by atoms with Crippen molar-refractivity contribution in [1.82, 2.24) is 19.1 Å². The number of pyridine rings is 1. The van der Waals surface area contributed by atoms with Crippen LogP contribution in [0.1, 0.15) is 31.7 Å². The van der Waals surface area contributed by atoms with Crippen LogP contribution in [0.2, 0.25) is 0 Å². The zero-order valence-corrected chi connectivity index (χ0v) is 18.4. The summed E-state index contributed by atoms with van der Waals surface area (Å²) in [6.45, 7) is 0. The first-order valence-corrected chi connectivity index (χ1v) is 11.5. The SMILES string of the molecule is CNc1ncc(-c2cnn(C3CCC(=O)CC3)c2)c2cc(-c3cccc4cnsc34)oc12. The van der Waals surface area contributed by atoms with E-state index in [0.29, 0.717) is 24.4 Å². The van der Waals surface area contributed by atoms with E-state index in [0.717, 1.165) is 56.3 Å². The Morgan fingerprint density at radius 1 is 1.16 bits per heavy atom. The Kier molecular flexibility index (Phi) is 4.53. The van der Waals surface area contributed by atoms with Gasteiger partial charge in [-0.15, -0.1) is 0 Å². The molecule has 0 bridgehead atoms. The van der Waals surface area contributed by atoms with Crippen LogP contribution in [0, 0.1) is 0 Å². The van der Waals surface area contributed by atoms with Gasteiger partial charge >= 0.3 is 0 Å². The van der Waals surface area contributed by atoms with Gasteiger partial charge in [-0.25, -0.2) is 4.98 Å². The van der Waals surface area contributed by atoms with Gasteiger partial charge in [-0.05, 0) is 36.5 Å². The molecule has 4 aromatic heterocycles. The van der Waals surface area contributed by atoms with E-state index in [1.807, 2.05) is 36.4 Å². The van der Waals surface area contributed by atoms with E-state index in [-0.39, 0.29) is 6.04 Å². The molecule has 32 heavy (non-hydrogen) atoms. The first kappa shape index (κ1) is 19.2. The Morgan fingerprint density at radius 2 is 2.03 bits per heavy atom. The molecule has 0 amide bonds. The van der Waals surface area contributed by atoms with E-state index >= 15 is 0 Å². The molecule has 0 aliphatic heterocycles. The molecular weight excluding hydrogens is 422 g/mol. The topological polar surface area (TPSA) is 85.8 Å². The Morgan fingerprint density at radius 3 is 2.88 bits per heavy atom. The van der Waals surface area contributed by atoms with E-state index in [4.69, 9.17) is 4.42 Å². The number of benzene rings is 1. The molecule has 1 aliphatic carbocycles. The highest BCUT2D eigenvalue weighted by molar-refractivity contribution is 7.13. The van der Waals surface area contributed by atoms with Crippen LogP contribution in [0.4, 0.5) is 5.82 Å². The van der Waals surface area contributed by atoms with Crippen LogP contribution in [0.25, 0.3) is 43.5 Å². The maximum atomic E-state index is 11.6. The lowest BCUT2D eigenvalue weighted by Crippen LogP contribution is -2.18. The fraction of sp³-hybridized carbons (Fsp3) is 0.250. The van der Waals surface area contributed by atoms with Crippen molar-refractivity contribution in [3.05, 3.63) is 49.1 Å². The van der Waals surface area contributed by atoms with Crippen LogP contribution >= 0.6 is 11.5 Å². The number of ketones is 1. The third kappa shape index (κ3) is 3.10. The van der Waals surface area contributed by atoms with Gasteiger partial charge in [0.1, 0.15) is 11.5 Å². The number of nitrogens with zero attached hydrogens (tertiary/aromatic N) is 4. The number of hydrogen-bond donors (Lipinski definition) is 1. The largest absolute Gasteiger partial charge is 0.452 e. The summed E-state index contributed by atoms with van der Waals surface area (Å²) in [7, 11) is 1.84. The Labute approximate surface area is 188 Å². The highest BCUT2D eigenvalue weighted by Crippen LogP contribution is 2.40. The quantitative estimate of drug-likeness (QED) is 0.384. The average molecular weight is 444 g/mol. The molecule has 160 valence electrons. The van der Waals surface area contributed by atoms with Crippen molar-refractivity contribution in [1.29, 1.82) is 0 Å². The normalized spacial score (nSPS) is 15.1. The van der Waals surface area contributed by atoms with E-state index in [1.54, 1.807) is 0 Å². The number of fused-ring (bicyclic) bond motifs is 2. The second-order valence-electron chi connectivity index (χ2n) is 8.15. The number of Topliss-reactive ketones (excluding diaryl/α,β-unsaturated/α-hetero) is 1. The molecule has 1 fully saturated rings. The standard InChI is InChI=1S/C24H21N5O2S/c1-25-24-22-19(9-21(31-22)18-4-2-3-14-11-28-32-23(14)18)20(12-26-24)15-10-27-29(13-15)16-5-7-17(30)8-6-16/h2-4,9-13,16H,5-8H2,1H3,(H,25,26). The predicted molar refractivity (Wildman–Crippen MR) is 126 cm³/mol. The minimum absolute atomic E-state index is 0.269. The molecule has 0 unspecified atom stereocenters. The van der Waals surface area contributed by atoms with Gasteiger partial charge in [-0.2, -0.15) is 9.47 Å². The highest BCUT2D eigenvalue weighted by Gasteiger charge is 2.22. The second kappa shape index (κ2) is 7.56. The summed E-state index contributed by atoms with van der Waals surface area (Å²) in [5.74, 6) is 1.84. The molecule has 4 heterocycles. The molecule has 1 aromatic carbocycles. The molecule has 8 heteroatoms. The summed E-state index contributed by atoms with van der Waals surface area (Å²) in [4.78, 5) is 16.2. The summed E-state index contributed by atoms with van der Waals surface area (Å²) in [6, 6.07) is 8.50. The van der Waals surface area contributed by atoms with Crippen LogP contribution in [0.5, 0.6) is 0 Å². The molecule has 0 spiro atoms. The minimum atomic E-state index is 0.269. The minimum Gasteiger partial charge on any atom is -0.452 e. The average Bonchev–Trinajstić information content (AvgIpc) is 3.57. The predicted octanol–water partition coefficient (Wildman–Crippen LogP) is 5.69. The molecule has 0 atom stereocenters. The van der Waals surface area contributed by atoms with E-state index < -0.39 is 0 Å². The van der Waals surface area contributed by atoms with Gasteiger partial charge in [0.15, 0.2) is 11.4 Å². The summed E-state index contributed by atoms with van der Waals surface area (Å²) in [5, 5.41) is 9.84. The first-order chi connectivity index (χ1) is 15.7. The second-order valence-corrected chi connectivity index (χ2v) is 8.95. The third-order valence-electron chi connectivity index (χ3n) is 6.24.